The summed E-state index contributed by atoms with van der Waals surface area (Å²) >= 11 is 1.91. The molecule has 2 heteroatoms. The zero-order valence-corrected chi connectivity index (χ0v) is 13.7. The van der Waals surface area contributed by atoms with Crippen molar-refractivity contribution in [2.45, 2.75) is 60.3 Å². The molecule has 0 aliphatic carbocycles. The van der Waals surface area contributed by atoms with Crippen molar-refractivity contribution in [3.05, 3.63) is 11.1 Å². The monoisotopic (exact) mass is 269 g/mol. The Kier molecular flexibility index (Phi) is 10.5. The van der Waals surface area contributed by atoms with Crippen molar-refractivity contribution in [3.8, 4) is 0 Å². The van der Waals surface area contributed by atoms with Crippen LogP contribution >= 0.6 is 11.8 Å². The van der Waals surface area contributed by atoms with Crippen LogP contribution in [0.3, 0.4) is 0 Å². The van der Waals surface area contributed by atoms with Crippen LogP contribution in [0.15, 0.2) is 16.1 Å². The van der Waals surface area contributed by atoms with Gasteiger partial charge >= 0.3 is 0 Å². The molecule has 3 atom stereocenters. The van der Waals surface area contributed by atoms with Crippen molar-refractivity contribution in [1.82, 2.24) is 0 Å². The van der Waals surface area contributed by atoms with Crippen molar-refractivity contribution >= 4 is 18.5 Å². The largest absolute Gasteiger partial charge is 0.272 e. The minimum atomic E-state index is 0.778. The highest BCUT2D eigenvalue weighted by atomic mass is 32.2. The van der Waals surface area contributed by atoms with Gasteiger partial charge in [0.25, 0.3) is 0 Å². The Hall–Kier alpha value is -0.240. The van der Waals surface area contributed by atoms with Crippen LogP contribution < -0.4 is 0 Å². The molecule has 0 amide bonds. The first-order valence-corrected chi connectivity index (χ1v) is 8.25. The Bertz CT molecular complexity index is 247. The Morgan fingerprint density at radius 2 is 1.89 bits per heavy atom. The minimum absolute atomic E-state index is 0.778. The van der Waals surface area contributed by atoms with Crippen molar-refractivity contribution < 1.29 is 0 Å². The fraction of sp³-hybridized carbons (Fsp3) is 0.812. The molecule has 18 heavy (non-hydrogen) atoms. The molecular formula is C16H31NS. The van der Waals surface area contributed by atoms with Crippen LogP contribution in [0.2, 0.25) is 0 Å². The summed E-state index contributed by atoms with van der Waals surface area (Å²) in [6.07, 6.45) is 7.31. The van der Waals surface area contributed by atoms with Crippen molar-refractivity contribution in [3.63, 3.8) is 0 Å². The average Bonchev–Trinajstić information content (AvgIpc) is 2.35. The Morgan fingerprint density at radius 1 is 1.22 bits per heavy atom. The summed E-state index contributed by atoms with van der Waals surface area (Å²) < 4.78 is 0. The molecule has 3 unspecified atom stereocenters. The summed E-state index contributed by atoms with van der Waals surface area (Å²) in [4.78, 5) is 5.07. The fourth-order valence-corrected chi connectivity index (χ4v) is 2.87. The molecule has 0 aromatic rings. The van der Waals surface area contributed by atoms with Crippen molar-refractivity contribution in [2.24, 2.45) is 22.7 Å². The molecule has 0 fully saturated rings. The predicted molar refractivity (Wildman–Crippen MR) is 87.4 cm³/mol. The number of thioether (sulfide) groups is 1. The van der Waals surface area contributed by atoms with Crippen LogP contribution in [0.4, 0.5) is 0 Å². The van der Waals surface area contributed by atoms with Gasteiger partial charge in [0.2, 0.25) is 0 Å². The fourth-order valence-electron chi connectivity index (χ4n) is 1.87. The third-order valence-corrected chi connectivity index (χ3v) is 5.12. The lowest BCUT2D eigenvalue weighted by Gasteiger charge is -2.20. The first kappa shape index (κ1) is 17.8. The zero-order chi connectivity index (χ0) is 14.0. The first-order chi connectivity index (χ1) is 8.51. The van der Waals surface area contributed by atoms with Crippen molar-refractivity contribution in [1.29, 1.82) is 0 Å². The van der Waals surface area contributed by atoms with Crippen LogP contribution in [0.1, 0.15) is 60.3 Å². The van der Waals surface area contributed by atoms with E-state index in [9.17, 15) is 0 Å². The summed E-state index contributed by atoms with van der Waals surface area (Å²) in [7, 11) is 0. The summed E-state index contributed by atoms with van der Waals surface area (Å²) in [6.45, 7) is 15.0. The third-order valence-electron chi connectivity index (χ3n) is 3.87. The molecule has 0 aliphatic rings. The maximum Gasteiger partial charge on any atom is 0.0352 e. The molecular weight excluding hydrogens is 238 g/mol. The minimum Gasteiger partial charge on any atom is -0.272 e. The highest BCUT2D eigenvalue weighted by Gasteiger charge is 2.12. The number of rotatable bonds is 10. The molecule has 0 N–H and O–H groups in total. The quantitative estimate of drug-likeness (QED) is 0.459. The molecule has 0 spiro atoms. The molecule has 0 aliphatic heterocycles. The lowest BCUT2D eigenvalue weighted by Crippen LogP contribution is -2.11. The van der Waals surface area contributed by atoms with Gasteiger partial charge in [0.05, 0.1) is 0 Å². The van der Waals surface area contributed by atoms with E-state index in [-0.39, 0.29) is 0 Å². The molecule has 0 aromatic heterocycles. The van der Waals surface area contributed by atoms with E-state index in [0.29, 0.717) is 0 Å². The number of allylic oxidation sites excluding steroid dienone is 1. The lowest BCUT2D eigenvalue weighted by molar-refractivity contribution is 0.364. The van der Waals surface area contributed by atoms with E-state index in [2.05, 4.69) is 46.3 Å². The summed E-state index contributed by atoms with van der Waals surface area (Å²) in [5, 5.41) is 0. The second-order valence-electron chi connectivity index (χ2n) is 5.63. The third kappa shape index (κ3) is 8.79. The van der Waals surface area contributed by atoms with Gasteiger partial charge in [-0.05, 0) is 36.3 Å². The molecule has 0 radical (unpaired) electrons. The van der Waals surface area contributed by atoms with E-state index in [4.69, 9.17) is 0 Å². The second kappa shape index (κ2) is 10.7. The molecule has 106 valence electrons. The maximum absolute atomic E-state index is 3.80. The summed E-state index contributed by atoms with van der Waals surface area (Å²) in [5.41, 5.74) is 0. The number of aliphatic imine (C=N–C) groups is 1. The Morgan fingerprint density at radius 3 is 2.44 bits per heavy atom. The first-order valence-electron chi connectivity index (χ1n) is 7.26. The van der Waals surface area contributed by atoms with Crippen LogP contribution in [0.5, 0.6) is 0 Å². The Labute approximate surface area is 119 Å². The molecule has 0 saturated carbocycles. The highest BCUT2D eigenvalue weighted by molar-refractivity contribution is 8.03. The number of nitrogens with zero attached hydrogens (tertiary/aromatic N) is 1. The van der Waals surface area contributed by atoms with Gasteiger partial charge in [-0.2, -0.15) is 0 Å². The van der Waals surface area contributed by atoms with Crippen LogP contribution in [-0.2, 0) is 0 Å². The molecule has 0 bridgehead atoms. The highest BCUT2D eigenvalue weighted by Crippen LogP contribution is 2.26. The average molecular weight is 269 g/mol. The van der Waals surface area contributed by atoms with Gasteiger partial charge < -0.3 is 0 Å². The standard InChI is InChI=1S/C16H31NS/c1-7-13(2)9-8-10-14(3)15(4)12-18-16(5)11-17-6/h11,13-15H,6-10,12H2,1-5H3. The van der Waals surface area contributed by atoms with Gasteiger partial charge in [-0.1, -0.05) is 53.4 Å². The van der Waals surface area contributed by atoms with Gasteiger partial charge in [-0.15, -0.1) is 11.8 Å². The van der Waals surface area contributed by atoms with Gasteiger partial charge in [0.1, 0.15) is 0 Å². The van der Waals surface area contributed by atoms with Gasteiger partial charge in [-0.25, -0.2) is 0 Å². The predicted octanol–water partition coefficient (Wildman–Crippen LogP) is 5.77. The van der Waals surface area contributed by atoms with Gasteiger partial charge in [0, 0.05) is 12.0 Å². The van der Waals surface area contributed by atoms with E-state index < -0.39 is 0 Å². The van der Waals surface area contributed by atoms with E-state index in [1.165, 1.54) is 36.3 Å². The molecule has 0 rings (SSSR count). The number of hydrogen-bond donors (Lipinski definition) is 0. The van der Waals surface area contributed by atoms with Crippen molar-refractivity contribution in [2.75, 3.05) is 5.75 Å². The summed E-state index contributed by atoms with van der Waals surface area (Å²) in [5.74, 6) is 3.69. The second-order valence-corrected chi connectivity index (χ2v) is 6.90. The van der Waals surface area contributed by atoms with Gasteiger partial charge in [0.15, 0.2) is 0 Å². The van der Waals surface area contributed by atoms with Gasteiger partial charge in [-0.3, -0.25) is 4.99 Å². The summed E-state index contributed by atoms with van der Waals surface area (Å²) in [6, 6.07) is 0. The zero-order valence-electron chi connectivity index (χ0n) is 12.9. The smallest absolute Gasteiger partial charge is 0.0352 e. The maximum atomic E-state index is 3.80. The van der Waals surface area contributed by atoms with Crippen LogP contribution in [0, 0.1) is 17.8 Å². The molecule has 0 heterocycles. The normalized spacial score (nSPS) is 17.3. The van der Waals surface area contributed by atoms with E-state index >= 15 is 0 Å². The topological polar surface area (TPSA) is 12.4 Å². The van der Waals surface area contributed by atoms with Crippen LogP contribution in [0.25, 0.3) is 0 Å². The lowest BCUT2D eigenvalue weighted by atomic mass is 9.90. The van der Waals surface area contributed by atoms with Crippen LogP contribution in [-0.4, -0.2) is 12.5 Å². The molecule has 0 aromatic carbocycles. The molecule has 1 nitrogen and oxygen atoms in total. The SMILES string of the molecule is C=NC=C(C)SCC(C)C(C)CCCC(C)CC. The number of hydrogen-bond acceptors (Lipinski definition) is 2. The Balaban J connectivity index is 3.78. The van der Waals surface area contributed by atoms with E-state index in [1.54, 1.807) is 0 Å². The molecule has 0 saturated heterocycles. The van der Waals surface area contributed by atoms with E-state index in [1.807, 2.05) is 18.0 Å². The van der Waals surface area contributed by atoms with E-state index in [0.717, 1.165) is 17.8 Å².